The van der Waals surface area contributed by atoms with Gasteiger partial charge in [-0.05, 0) is 56.6 Å². The SMILES string of the molecule is NC1CCC(Nc2cc(-c3cnc(O)c(NCC4CCOCC4)c3)c(Cl)c(O)n2)CC1. The minimum absolute atomic E-state index is 0.0675. The molecule has 8 nitrogen and oxygen atoms in total. The molecular formula is C22H30ClN5O3. The number of rotatable bonds is 6. The maximum atomic E-state index is 10.3. The second kappa shape index (κ2) is 9.89. The Hall–Kier alpha value is -2.29. The molecule has 0 unspecified atom stereocenters. The molecule has 1 aliphatic carbocycles. The summed E-state index contributed by atoms with van der Waals surface area (Å²) < 4.78 is 5.40. The van der Waals surface area contributed by atoms with Crippen LogP contribution in [-0.4, -0.2) is 52.0 Å². The third kappa shape index (κ3) is 5.50. The molecule has 0 bridgehead atoms. The van der Waals surface area contributed by atoms with Gasteiger partial charge in [-0.1, -0.05) is 11.6 Å². The first-order valence-electron chi connectivity index (χ1n) is 10.9. The number of hydrogen-bond donors (Lipinski definition) is 5. The predicted octanol–water partition coefficient (Wildman–Crippen LogP) is 3.73. The van der Waals surface area contributed by atoms with Crippen LogP contribution in [0.5, 0.6) is 11.8 Å². The maximum absolute atomic E-state index is 10.3. The lowest BCUT2D eigenvalue weighted by atomic mass is 9.92. The van der Waals surface area contributed by atoms with Crippen molar-refractivity contribution in [1.82, 2.24) is 9.97 Å². The lowest BCUT2D eigenvalue weighted by Gasteiger charge is -2.27. The zero-order valence-corrected chi connectivity index (χ0v) is 18.2. The smallest absolute Gasteiger partial charge is 0.234 e. The average molecular weight is 448 g/mol. The van der Waals surface area contributed by atoms with Crippen LogP contribution in [0.15, 0.2) is 18.3 Å². The molecule has 6 N–H and O–H groups in total. The van der Waals surface area contributed by atoms with Crippen LogP contribution in [0.25, 0.3) is 11.1 Å². The molecule has 31 heavy (non-hydrogen) atoms. The molecule has 168 valence electrons. The minimum Gasteiger partial charge on any atom is -0.492 e. The molecular weight excluding hydrogens is 418 g/mol. The van der Waals surface area contributed by atoms with Crippen molar-refractivity contribution in [3.8, 4) is 22.9 Å². The van der Waals surface area contributed by atoms with Gasteiger partial charge in [-0.3, -0.25) is 0 Å². The summed E-state index contributed by atoms with van der Waals surface area (Å²) in [5.74, 6) is 0.744. The minimum atomic E-state index is -0.237. The Labute approximate surface area is 187 Å². The predicted molar refractivity (Wildman–Crippen MR) is 122 cm³/mol. The number of aromatic nitrogens is 2. The summed E-state index contributed by atoms with van der Waals surface area (Å²) in [6.45, 7) is 2.27. The fraction of sp³-hybridized carbons (Fsp3) is 0.545. The molecule has 1 aliphatic heterocycles. The zero-order valence-electron chi connectivity index (χ0n) is 17.5. The lowest BCUT2D eigenvalue weighted by molar-refractivity contribution is 0.0699. The highest BCUT2D eigenvalue weighted by atomic mass is 35.5. The van der Waals surface area contributed by atoms with E-state index in [1.807, 2.05) is 6.07 Å². The fourth-order valence-corrected chi connectivity index (χ4v) is 4.42. The van der Waals surface area contributed by atoms with Crippen molar-refractivity contribution >= 4 is 23.1 Å². The summed E-state index contributed by atoms with van der Waals surface area (Å²) in [5.41, 5.74) is 7.81. The number of aromatic hydroxyl groups is 2. The Balaban J connectivity index is 1.53. The van der Waals surface area contributed by atoms with Crippen molar-refractivity contribution in [2.45, 2.75) is 50.6 Å². The molecule has 0 atom stereocenters. The molecule has 1 saturated heterocycles. The lowest BCUT2D eigenvalue weighted by Crippen LogP contribution is -2.33. The van der Waals surface area contributed by atoms with Crippen LogP contribution in [0.4, 0.5) is 11.5 Å². The van der Waals surface area contributed by atoms with Gasteiger partial charge in [-0.2, -0.15) is 4.98 Å². The molecule has 0 aromatic carbocycles. The largest absolute Gasteiger partial charge is 0.492 e. The van der Waals surface area contributed by atoms with Crippen molar-refractivity contribution in [2.24, 2.45) is 11.7 Å². The van der Waals surface area contributed by atoms with E-state index in [4.69, 9.17) is 22.1 Å². The quantitative estimate of drug-likeness (QED) is 0.453. The van der Waals surface area contributed by atoms with Gasteiger partial charge in [0.05, 0.1) is 5.69 Å². The Morgan fingerprint density at radius 2 is 1.81 bits per heavy atom. The second-order valence-corrected chi connectivity index (χ2v) is 8.86. The Bertz CT molecular complexity index is 899. The van der Waals surface area contributed by atoms with Crippen molar-refractivity contribution in [3.05, 3.63) is 23.4 Å². The second-order valence-electron chi connectivity index (χ2n) is 8.48. The van der Waals surface area contributed by atoms with Gasteiger partial charge in [0.15, 0.2) is 0 Å². The number of nitrogens with zero attached hydrogens (tertiary/aromatic N) is 2. The van der Waals surface area contributed by atoms with Crippen molar-refractivity contribution in [2.75, 3.05) is 30.4 Å². The number of pyridine rings is 2. The Morgan fingerprint density at radius 3 is 2.55 bits per heavy atom. The molecule has 0 amide bonds. The standard InChI is InChI=1S/C22H30ClN5O3/c23-20-17(10-19(28-22(20)30)27-16-3-1-15(24)2-4-16)14-9-18(21(29)26-12-14)25-11-13-5-7-31-8-6-13/h9-10,12-13,15-16,25H,1-8,11,24H2,(H,26,29)(H2,27,28,30). The van der Waals surface area contributed by atoms with E-state index in [1.165, 1.54) is 0 Å². The van der Waals surface area contributed by atoms with E-state index in [0.29, 0.717) is 28.6 Å². The number of anilines is 2. The van der Waals surface area contributed by atoms with Crippen LogP contribution in [-0.2, 0) is 4.74 Å². The van der Waals surface area contributed by atoms with Crippen molar-refractivity contribution in [3.63, 3.8) is 0 Å². The molecule has 2 aromatic rings. The van der Waals surface area contributed by atoms with Gasteiger partial charge >= 0.3 is 0 Å². The van der Waals surface area contributed by atoms with Crippen LogP contribution in [0.3, 0.4) is 0 Å². The first kappa shape index (κ1) is 21.9. The number of halogens is 1. The molecule has 1 saturated carbocycles. The number of nitrogens with one attached hydrogen (secondary N) is 2. The van der Waals surface area contributed by atoms with Crippen LogP contribution < -0.4 is 16.4 Å². The summed E-state index contributed by atoms with van der Waals surface area (Å²) in [4.78, 5) is 8.31. The first-order valence-corrected chi connectivity index (χ1v) is 11.3. The van der Waals surface area contributed by atoms with Gasteiger partial charge in [-0.25, -0.2) is 4.98 Å². The number of ether oxygens (including phenoxy) is 1. The van der Waals surface area contributed by atoms with Crippen LogP contribution >= 0.6 is 11.6 Å². The highest BCUT2D eigenvalue weighted by molar-refractivity contribution is 6.34. The average Bonchev–Trinajstić information content (AvgIpc) is 2.78. The summed E-state index contributed by atoms with van der Waals surface area (Å²) in [7, 11) is 0. The molecule has 0 spiro atoms. The Morgan fingerprint density at radius 1 is 1.06 bits per heavy atom. The first-order chi connectivity index (χ1) is 15.0. The normalized spacial score (nSPS) is 22.3. The van der Waals surface area contributed by atoms with E-state index in [-0.39, 0.29) is 28.9 Å². The topological polar surface area (TPSA) is 126 Å². The Kier molecular flexibility index (Phi) is 6.99. The molecule has 4 rings (SSSR count). The third-order valence-corrected chi connectivity index (χ3v) is 6.54. The van der Waals surface area contributed by atoms with E-state index in [1.54, 1.807) is 12.3 Å². The highest BCUT2D eigenvalue weighted by Crippen LogP contribution is 2.38. The summed E-state index contributed by atoms with van der Waals surface area (Å²) in [6.07, 6.45) is 7.38. The van der Waals surface area contributed by atoms with Gasteiger partial charge < -0.3 is 31.3 Å². The van der Waals surface area contributed by atoms with Gasteiger partial charge in [-0.15, -0.1) is 0 Å². The van der Waals surface area contributed by atoms with E-state index < -0.39 is 0 Å². The van der Waals surface area contributed by atoms with E-state index in [2.05, 4.69) is 20.6 Å². The van der Waals surface area contributed by atoms with Gasteiger partial charge in [0.2, 0.25) is 11.8 Å². The molecule has 0 radical (unpaired) electrons. The van der Waals surface area contributed by atoms with Gasteiger partial charge in [0.1, 0.15) is 10.8 Å². The summed E-state index contributed by atoms with van der Waals surface area (Å²) >= 11 is 6.37. The maximum Gasteiger partial charge on any atom is 0.234 e. The van der Waals surface area contributed by atoms with Crippen LogP contribution in [0, 0.1) is 5.92 Å². The monoisotopic (exact) mass is 447 g/mol. The third-order valence-electron chi connectivity index (χ3n) is 6.16. The van der Waals surface area contributed by atoms with Gasteiger partial charge in [0, 0.05) is 49.2 Å². The molecule has 2 aliphatic rings. The van der Waals surface area contributed by atoms with Crippen molar-refractivity contribution < 1.29 is 14.9 Å². The molecule has 3 heterocycles. The summed E-state index contributed by atoms with van der Waals surface area (Å²) in [5, 5.41) is 27.4. The molecule has 9 heteroatoms. The number of nitrogens with two attached hydrogens (primary N) is 1. The van der Waals surface area contributed by atoms with E-state index in [0.717, 1.165) is 58.3 Å². The summed E-state index contributed by atoms with van der Waals surface area (Å²) in [6, 6.07) is 4.13. The van der Waals surface area contributed by atoms with E-state index >= 15 is 0 Å². The fourth-order valence-electron chi connectivity index (χ4n) is 4.21. The zero-order chi connectivity index (χ0) is 21.8. The van der Waals surface area contributed by atoms with Gasteiger partial charge in [0.25, 0.3) is 0 Å². The van der Waals surface area contributed by atoms with E-state index in [9.17, 15) is 10.2 Å². The van der Waals surface area contributed by atoms with Crippen molar-refractivity contribution in [1.29, 1.82) is 0 Å². The van der Waals surface area contributed by atoms with Crippen LogP contribution in [0.2, 0.25) is 5.02 Å². The highest BCUT2D eigenvalue weighted by Gasteiger charge is 2.21. The molecule has 2 fully saturated rings. The van der Waals surface area contributed by atoms with Crippen LogP contribution in [0.1, 0.15) is 38.5 Å². The molecule has 2 aromatic heterocycles. The number of hydrogen-bond acceptors (Lipinski definition) is 8.